The van der Waals surface area contributed by atoms with Crippen molar-refractivity contribution in [3.63, 3.8) is 0 Å². The van der Waals surface area contributed by atoms with Crippen molar-refractivity contribution in [2.24, 2.45) is 5.92 Å². The number of hydrogen-bond acceptors (Lipinski definition) is 7. The van der Waals surface area contributed by atoms with Crippen LogP contribution < -0.4 is 4.74 Å². The molecule has 1 amide bonds. The molecule has 0 spiro atoms. The highest BCUT2D eigenvalue weighted by Gasteiger charge is 2.42. The number of halogens is 5. The highest BCUT2D eigenvalue weighted by molar-refractivity contribution is 7.98. The van der Waals surface area contributed by atoms with Crippen LogP contribution in [0, 0.1) is 17.6 Å². The van der Waals surface area contributed by atoms with Gasteiger partial charge in [0.05, 0.1) is 0 Å². The fourth-order valence-electron chi connectivity index (χ4n) is 4.92. The molecule has 3 aromatic rings. The minimum Gasteiger partial charge on any atom is -0.489 e. The molecule has 1 aliphatic heterocycles. The van der Waals surface area contributed by atoms with Gasteiger partial charge in [0.2, 0.25) is 0 Å². The van der Waals surface area contributed by atoms with E-state index in [1.54, 1.807) is 48.7 Å². The first-order valence-electron chi connectivity index (χ1n) is 14.0. The minimum atomic E-state index is -5.34. The molecule has 1 fully saturated rings. The lowest BCUT2D eigenvalue weighted by atomic mass is 9.96. The third-order valence-electron chi connectivity index (χ3n) is 7.35. The van der Waals surface area contributed by atoms with Crippen LogP contribution in [0.15, 0.2) is 65.6 Å². The van der Waals surface area contributed by atoms with Crippen molar-refractivity contribution >= 4 is 29.6 Å². The van der Waals surface area contributed by atoms with E-state index < -0.39 is 42.2 Å². The Labute approximate surface area is 261 Å². The maximum Gasteiger partial charge on any atom is 0.491 e. The van der Waals surface area contributed by atoms with Gasteiger partial charge < -0.3 is 19.3 Å². The summed E-state index contributed by atoms with van der Waals surface area (Å²) in [5, 5.41) is 0. The van der Waals surface area contributed by atoms with Gasteiger partial charge in [0.15, 0.2) is 11.6 Å². The van der Waals surface area contributed by atoms with E-state index in [0.29, 0.717) is 27.3 Å². The van der Waals surface area contributed by atoms with Gasteiger partial charge >= 0.3 is 18.1 Å². The van der Waals surface area contributed by atoms with Gasteiger partial charge in [-0.15, -0.1) is 11.8 Å². The standard InChI is InChI=1S/C32H31F5N2O5S/c1-38-12-10-20(11-13-38)17-39(18-29(40)44-31(42)32(35,36)37)30(41)23-5-3-4-21(14-23)19-43-24-8-6-22(7-9-24)25-15-26(33)27(34)16-28(25)45-2/h3-9,14-16,20H,10-13,17-19H2,1-2H3. The van der Waals surface area contributed by atoms with Crippen LogP contribution in [0.4, 0.5) is 22.0 Å². The van der Waals surface area contributed by atoms with E-state index in [9.17, 15) is 36.3 Å². The average molecular weight is 651 g/mol. The lowest BCUT2D eigenvalue weighted by Crippen LogP contribution is -2.43. The van der Waals surface area contributed by atoms with Gasteiger partial charge in [0.25, 0.3) is 5.91 Å². The van der Waals surface area contributed by atoms with Crippen molar-refractivity contribution in [1.29, 1.82) is 0 Å². The van der Waals surface area contributed by atoms with Crippen molar-refractivity contribution < 1.29 is 45.8 Å². The van der Waals surface area contributed by atoms with Crippen LogP contribution in [-0.4, -0.2) is 73.3 Å². The molecule has 3 aromatic carbocycles. The monoisotopic (exact) mass is 650 g/mol. The molecule has 0 atom stereocenters. The third-order valence-corrected chi connectivity index (χ3v) is 8.13. The van der Waals surface area contributed by atoms with Crippen LogP contribution >= 0.6 is 11.8 Å². The fourth-order valence-corrected chi connectivity index (χ4v) is 5.54. The minimum absolute atomic E-state index is 0.00385. The second-order valence-corrected chi connectivity index (χ2v) is 11.5. The smallest absolute Gasteiger partial charge is 0.489 e. The number of amides is 1. The van der Waals surface area contributed by atoms with E-state index in [2.05, 4.69) is 9.64 Å². The number of carbonyl (C=O) groups excluding carboxylic acids is 3. The number of nitrogens with zero attached hydrogens (tertiary/aromatic N) is 2. The fraction of sp³-hybridized carbons (Fsp3) is 0.344. The zero-order valence-electron chi connectivity index (χ0n) is 24.5. The number of ether oxygens (including phenoxy) is 2. The summed E-state index contributed by atoms with van der Waals surface area (Å²) in [4.78, 5) is 40.7. The molecule has 0 unspecified atom stereocenters. The lowest BCUT2D eigenvalue weighted by molar-refractivity contribution is -0.202. The van der Waals surface area contributed by atoms with Gasteiger partial charge in [-0.1, -0.05) is 24.3 Å². The number of likely N-dealkylation sites (tertiary alicyclic amines) is 1. The summed E-state index contributed by atoms with van der Waals surface area (Å²) in [5.41, 5.74) is 1.98. The van der Waals surface area contributed by atoms with Gasteiger partial charge in [0, 0.05) is 17.0 Å². The quantitative estimate of drug-likeness (QED) is 0.110. The number of benzene rings is 3. The molecule has 1 saturated heterocycles. The summed E-state index contributed by atoms with van der Waals surface area (Å²) >= 11 is 1.29. The Bertz CT molecular complexity index is 1530. The molecule has 45 heavy (non-hydrogen) atoms. The Morgan fingerprint density at radius 1 is 0.978 bits per heavy atom. The Balaban J connectivity index is 1.45. The largest absolute Gasteiger partial charge is 0.491 e. The van der Waals surface area contributed by atoms with Crippen LogP contribution in [0.2, 0.25) is 0 Å². The van der Waals surface area contributed by atoms with Crippen molar-refractivity contribution in [3.8, 4) is 16.9 Å². The molecule has 0 aliphatic carbocycles. The van der Waals surface area contributed by atoms with Crippen LogP contribution in [0.25, 0.3) is 11.1 Å². The molecule has 0 N–H and O–H groups in total. The van der Waals surface area contributed by atoms with Crippen molar-refractivity contribution in [2.75, 3.05) is 39.5 Å². The van der Waals surface area contributed by atoms with E-state index in [1.807, 2.05) is 7.05 Å². The lowest BCUT2D eigenvalue weighted by Gasteiger charge is -2.32. The highest BCUT2D eigenvalue weighted by atomic mass is 32.2. The number of carbonyl (C=O) groups is 3. The Morgan fingerprint density at radius 2 is 1.64 bits per heavy atom. The van der Waals surface area contributed by atoms with E-state index >= 15 is 0 Å². The summed E-state index contributed by atoms with van der Waals surface area (Å²) in [6, 6.07) is 15.5. The number of thioether (sulfide) groups is 1. The first-order valence-corrected chi connectivity index (χ1v) is 15.2. The third kappa shape index (κ3) is 9.27. The van der Waals surface area contributed by atoms with E-state index in [1.165, 1.54) is 17.8 Å². The van der Waals surface area contributed by atoms with Crippen LogP contribution in [0.5, 0.6) is 5.75 Å². The Morgan fingerprint density at radius 3 is 2.29 bits per heavy atom. The van der Waals surface area contributed by atoms with Gasteiger partial charge in [-0.3, -0.25) is 4.79 Å². The van der Waals surface area contributed by atoms with Crippen LogP contribution in [-0.2, 0) is 20.9 Å². The average Bonchev–Trinajstić information content (AvgIpc) is 3.01. The van der Waals surface area contributed by atoms with E-state index in [0.717, 1.165) is 43.0 Å². The number of alkyl halides is 3. The molecule has 4 rings (SSSR count). The number of piperidine rings is 1. The SMILES string of the molecule is CSc1cc(F)c(F)cc1-c1ccc(OCc2cccc(C(=O)N(CC(=O)OC(=O)C(F)(F)F)CC3CCN(C)CC3)c2)cc1. The molecule has 1 aliphatic rings. The normalized spacial score (nSPS) is 14.2. The molecular formula is C32H31F5N2O5S. The van der Waals surface area contributed by atoms with E-state index in [-0.39, 0.29) is 24.6 Å². The van der Waals surface area contributed by atoms with Crippen LogP contribution in [0.3, 0.4) is 0 Å². The summed E-state index contributed by atoms with van der Waals surface area (Å²) in [6.07, 6.45) is -2.14. The zero-order chi connectivity index (χ0) is 32.7. The molecule has 0 radical (unpaired) electrons. The number of esters is 2. The van der Waals surface area contributed by atoms with Gasteiger partial charge in [-0.2, -0.15) is 13.2 Å². The topological polar surface area (TPSA) is 76.1 Å². The molecule has 13 heteroatoms. The summed E-state index contributed by atoms with van der Waals surface area (Å²) in [7, 11) is 1.95. The molecular weight excluding hydrogens is 619 g/mol. The molecule has 240 valence electrons. The second-order valence-electron chi connectivity index (χ2n) is 10.7. The Kier molecular flexibility index (Phi) is 11.2. The summed E-state index contributed by atoms with van der Waals surface area (Å²) < 4.78 is 75.2. The van der Waals surface area contributed by atoms with Gasteiger partial charge in [0.1, 0.15) is 18.9 Å². The predicted octanol–water partition coefficient (Wildman–Crippen LogP) is 6.35. The molecule has 7 nitrogen and oxygen atoms in total. The summed E-state index contributed by atoms with van der Waals surface area (Å²) in [6.45, 7) is 0.856. The maximum absolute atomic E-state index is 13.9. The van der Waals surface area contributed by atoms with E-state index in [4.69, 9.17) is 4.74 Å². The molecule has 0 saturated carbocycles. The predicted molar refractivity (Wildman–Crippen MR) is 158 cm³/mol. The first-order chi connectivity index (χ1) is 21.3. The van der Waals surface area contributed by atoms with Crippen molar-refractivity contribution in [3.05, 3.63) is 83.4 Å². The molecule has 0 bridgehead atoms. The number of hydrogen-bond donors (Lipinski definition) is 0. The van der Waals surface area contributed by atoms with Crippen LogP contribution in [0.1, 0.15) is 28.8 Å². The molecule has 1 heterocycles. The Hall–Kier alpha value is -3.97. The zero-order valence-corrected chi connectivity index (χ0v) is 25.4. The second kappa shape index (κ2) is 14.9. The van der Waals surface area contributed by atoms with Gasteiger partial charge in [-0.25, -0.2) is 18.4 Å². The van der Waals surface area contributed by atoms with Gasteiger partial charge in [-0.05, 0) is 98.2 Å². The highest BCUT2D eigenvalue weighted by Crippen LogP contribution is 2.33. The van der Waals surface area contributed by atoms with Crippen molar-refractivity contribution in [1.82, 2.24) is 9.80 Å². The molecule has 0 aromatic heterocycles. The maximum atomic E-state index is 13.9. The van der Waals surface area contributed by atoms with Crippen molar-refractivity contribution in [2.45, 2.75) is 30.5 Å². The number of rotatable bonds is 10. The summed E-state index contributed by atoms with van der Waals surface area (Å²) in [5.74, 6) is -6.11. The first kappa shape index (κ1) is 33.9.